The lowest BCUT2D eigenvalue weighted by atomic mass is 10.3. The highest BCUT2D eigenvalue weighted by Gasteiger charge is 2.11. The number of fused-ring (bicyclic) bond motifs is 1. The molecule has 0 bridgehead atoms. The van der Waals surface area contributed by atoms with Gasteiger partial charge in [0.1, 0.15) is 0 Å². The van der Waals surface area contributed by atoms with Gasteiger partial charge in [0.25, 0.3) is 5.91 Å². The summed E-state index contributed by atoms with van der Waals surface area (Å²) in [4.78, 5) is 16.3. The van der Waals surface area contributed by atoms with Gasteiger partial charge in [0.2, 0.25) is 5.76 Å². The maximum absolute atomic E-state index is 11.8. The third kappa shape index (κ3) is 2.47. The number of nitrogens with zero attached hydrogens (tertiary/aromatic N) is 2. The Morgan fingerprint density at radius 1 is 1.42 bits per heavy atom. The molecule has 0 spiro atoms. The van der Waals surface area contributed by atoms with Crippen molar-refractivity contribution < 1.29 is 9.32 Å². The third-order valence-corrected chi connectivity index (χ3v) is 4.47. The highest BCUT2D eigenvalue weighted by molar-refractivity contribution is 8.00. The fourth-order valence-corrected chi connectivity index (χ4v) is 3.12. The molecule has 0 aliphatic heterocycles. The molecule has 0 aliphatic rings. The van der Waals surface area contributed by atoms with E-state index in [1.807, 2.05) is 24.5 Å². The standard InChI is InChI=1S/C12H9N3O2S2/c1-18-12-15-8-3-2-7(6-10(8)19-12)14-11(16)9-4-5-13-17-9/h2-6H,1H3,(H,14,16). The molecule has 0 radical (unpaired) electrons. The van der Waals surface area contributed by atoms with Crippen molar-refractivity contribution >= 4 is 44.9 Å². The number of hydrogen-bond donors (Lipinski definition) is 1. The van der Waals surface area contributed by atoms with E-state index in [-0.39, 0.29) is 11.7 Å². The summed E-state index contributed by atoms with van der Waals surface area (Å²) in [6.45, 7) is 0. The Morgan fingerprint density at radius 3 is 3.05 bits per heavy atom. The molecule has 0 atom stereocenters. The van der Waals surface area contributed by atoms with Crippen LogP contribution in [0.25, 0.3) is 10.2 Å². The number of anilines is 1. The minimum Gasteiger partial charge on any atom is -0.351 e. The lowest BCUT2D eigenvalue weighted by molar-refractivity contribution is 0.0988. The van der Waals surface area contributed by atoms with Gasteiger partial charge in [-0.15, -0.1) is 11.3 Å². The zero-order valence-corrected chi connectivity index (χ0v) is 11.5. The van der Waals surface area contributed by atoms with Gasteiger partial charge < -0.3 is 9.84 Å². The maximum Gasteiger partial charge on any atom is 0.294 e. The van der Waals surface area contributed by atoms with Crippen LogP contribution in [0.5, 0.6) is 0 Å². The van der Waals surface area contributed by atoms with Crippen LogP contribution in [0, 0.1) is 0 Å². The van der Waals surface area contributed by atoms with E-state index in [4.69, 9.17) is 4.52 Å². The Labute approximate surface area is 117 Å². The molecule has 0 saturated heterocycles. The van der Waals surface area contributed by atoms with Gasteiger partial charge in [-0.2, -0.15) is 0 Å². The first-order valence-corrected chi connectivity index (χ1v) is 7.47. The van der Waals surface area contributed by atoms with Crippen molar-refractivity contribution in [1.29, 1.82) is 0 Å². The van der Waals surface area contributed by atoms with Gasteiger partial charge in [0.15, 0.2) is 4.34 Å². The summed E-state index contributed by atoms with van der Waals surface area (Å²) < 4.78 is 6.85. The van der Waals surface area contributed by atoms with Crippen LogP contribution in [0.1, 0.15) is 10.6 Å². The zero-order chi connectivity index (χ0) is 13.2. The molecule has 96 valence electrons. The monoisotopic (exact) mass is 291 g/mol. The van der Waals surface area contributed by atoms with Crippen LogP contribution in [0.15, 0.2) is 39.3 Å². The number of aromatic nitrogens is 2. The number of hydrogen-bond acceptors (Lipinski definition) is 6. The SMILES string of the molecule is CSc1nc2ccc(NC(=O)c3ccno3)cc2s1. The predicted molar refractivity (Wildman–Crippen MR) is 75.9 cm³/mol. The molecule has 7 heteroatoms. The molecule has 1 amide bonds. The summed E-state index contributed by atoms with van der Waals surface area (Å²) in [6.07, 6.45) is 3.43. The quantitative estimate of drug-likeness (QED) is 0.750. The molecule has 0 aliphatic carbocycles. The Bertz CT molecular complexity index is 722. The lowest BCUT2D eigenvalue weighted by Crippen LogP contribution is -2.10. The minimum atomic E-state index is -0.313. The number of carbonyl (C=O) groups excluding carboxylic acids is 1. The number of nitrogens with one attached hydrogen (secondary N) is 1. The smallest absolute Gasteiger partial charge is 0.294 e. The number of thiazole rings is 1. The van der Waals surface area contributed by atoms with Gasteiger partial charge in [-0.1, -0.05) is 16.9 Å². The van der Waals surface area contributed by atoms with Gasteiger partial charge in [0, 0.05) is 11.8 Å². The van der Waals surface area contributed by atoms with Crippen molar-refractivity contribution in [3.63, 3.8) is 0 Å². The number of rotatable bonds is 3. The third-order valence-electron chi connectivity index (χ3n) is 2.46. The predicted octanol–water partition coefficient (Wildman–Crippen LogP) is 3.26. The van der Waals surface area contributed by atoms with Crippen molar-refractivity contribution in [2.45, 2.75) is 4.34 Å². The first-order chi connectivity index (χ1) is 9.26. The summed E-state index contributed by atoms with van der Waals surface area (Å²) in [6, 6.07) is 7.13. The first-order valence-electron chi connectivity index (χ1n) is 5.43. The van der Waals surface area contributed by atoms with Crippen LogP contribution < -0.4 is 5.32 Å². The van der Waals surface area contributed by atoms with E-state index < -0.39 is 0 Å². The Hall–Kier alpha value is -1.86. The molecule has 0 unspecified atom stereocenters. The number of thioether (sulfide) groups is 1. The molecule has 3 aromatic rings. The van der Waals surface area contributed by atoms with Crippen molar-refractivity contribution in [3.8, 4) is 0 Å². The van der Waals surface area contributed by atoms with Crippen molar-refractivity contribution in [2.75, 3.05) is 11.6 Å². The largest absolute Gasteiger partial charge is 0.351 e. The van der Waals surface area contributed by atoms with Crippen molar-refractivity contribution in [3.05, 3.63) is 36.2 Å². The fourth-order valence-electron chi connectivity index (χ4n) is 1.59. The van der Waals surface area contributed by atoms with E-state index in [1.165, 1.54) is 12.3 Å². The second kappa shape index (κ2) is 5.02. The second-order valence-corrected chi connectivity index (χ2v) is 5.78. The molecular weight excluding hydrogens is 282 g/mol. The van der Waals surface area contributed by atoms with Crippen LogP contribution in [0.2, 0.25) is 0 Å². The van der Waals surface area contributed by atoms with Crippen LogP contribution in [0.4, 0.5) is 5.69 Å². The molecule has 0 saturated carbocycles. The van der Waals surface area contributed by atoms with Gasteiger partial charge >= 0.3 is 0 Å². The zero-order valence-electron chi connectivity index (χ0n) is 9.91. The average Bonchev–Trinajstić information content (AvgIpc) is 3.07. The molecule has 0 fully saturated rings. The molecule has 1 aromatic carbocycles. The van der Waals surface area contributed by atoms with E-state index in [2.05, 4.69) is 15.5 Å². The fraction of sp³-hybridized carbons (Fsp3) is 0.0833. The Morgan fingerprint density at radius 2 is 2.32 bits per heavy atom. The highest BCUT2D eigenvalue weighted by atomic mass is 32.2. The maximum atomic E-state index is 11.8. The van der Waals surface area contributed by atoms with Crippen molar-refractivity contribution in [1.82, 2.24) is 10.1 Å². The van der Waals surface area contributed by atoms with Crippen LogP contribution >= 0.6 is 23.1 Å². The first kappa shape index (κ1) is 12.2. The second-order valence-electron chi connectivity index (χ2n) is 3.70. The molecular formula is C12H9N3O2S2. The Kier molecular flexibility index (Phi) is 3.22. The molecule has 19 heavy (non-hydrogen) atoms. The topological polar surface area (TPSA) is 68.0 Å². The van der Waals surface area contributed by atoms with E-state index in [0.717, 1.165) is 14.6 Å². The average molecular weight is 291 g/mol. The highest BCUT2D eigenvalue weighted by Crippen LogP contribution is 2.30. The summed E-state index contributed by atoms with van der Waals surface area (Å²) >= 11 is 3.21. The molecule has 2 aromatic heterocycles. The van der Waals surface area contributed by atoms with E-state index in [1.54, 1.807) is 23.1 Å². The normalized spacial score (nSPS) is 10.8. The van der Waals surface area contributed by atoms with Crippen LogP contribution in [-0.4, -0.2) is 22.3 Å². The number of carbonyl (C=O) groups is 1. The molecule has 2 heterocycles. The van der Waals surface area contributed by atoms with Crippen LogP contribution in [0.3, 0.4) is 0 Å². The van der Waals surface area contributed by atoms with Gasteiger partial charge in [-0.3, -0.25) is 4.79 Å². The summed E-state index contributed by atoms with van der Waals surface area (Å²) in [7, 11) is 0. The summed E-state index contributed by atoms with van der Waals surface area (Å²) in [5.74, 6) is -0.124. The Balaban J connectivity index is 1.87. The van der Waals surface area contributed by atoms with E-state index in [0.29, 0.717) is 5.69 Å². The van der Waals surface area contributed by atoms with Crippen molar-refractivity contribution in [2.24, 2.45) is 0 Å². The molecule has 3 rings (SSSR count). The number of amides is 1. The van der Waals surface area contributed by atoms with Gasteiger partial charge in [0.05, 0.1) is 16.4 Å². The van der Waals surface area contributed by atoms with E-state index in [9.17, 15) is 4.79 Å². The van der Waals surface area contributed by atoms with Gasteiger partial charge in [-0.25, -0.2) is 4.98 Å². The van der Waals surface area contributed by atoms with E-state index >= 15 is 0 Å². The van der Waals surface area contributed by atoms with Gasteiger partial charge in [-0.05, 0) is 24.5 Å². The van der Waals surface area contributed by atoms with Crippen LogP contribution in [-0.2, 0) is 0 Å². The molecule has 5 nitrogen and oxygen atoms in total. The molecule has 1 N–H and O–H groups in total. The number of benzene rings is 1. The minimum absolute atomic E-state index is 0.189. The lowest BCUT2D eigenvalue weighted by Gasteiger charge is -2.01. The summed E-state index contributed by atoms with van der Waals surface area (Å²) in [5, 5.41) is 6.27. The summed E-state index contributed by atoms with van der Waals surface area (Å²) in [5.41, 5.74) is 1.65.